The predicted molar refractivity (Wildman–Crippen MR) is 108 cm³/mol. The van der Waals surface area contributed by atoms with Gasteiger partial charge in [-0.2, -0.15) is 0 Å². The van der Waals surface area contributed by atoms with Crippen LogP contribution in [0.2, 0.25) is 0 Å². The summed E-state index contributed by atoms with van der Waals surface area (Å²) in [4.78, 5) is 25.3. The highest BCUT2D eigenvalue weighted by Crippen LogP contribution is 2.69. The Hall–Kier alpha value is -1.34. The summed E-state index contributed by atoms with van der Waals surface area (Å²) in [6.45, 7) is 6.08. The first-order chi connectivity index (χ1) is 14.2. The van der Waals surface area contributed by atoms with Gasteiger partial charge >= 0.3 is 0 Å². The lowest BCUT2D eigenvalue weighted by Gasteiger charge is -2.59. The van der Waals surface area contributed by atoms with E-state index in [0.717, 1.165) is 24.8 Å². The molecular weight excluding hydrogens is 384 g/mol. The number of methoxy groups -OCH3 is 1. The average molecular weight is 417 g/mol. The van der Waals surface area contributed by atoms with Gasteiger partial charge in [-0.1, -0.05) is 25.5 Å². The molecule has 6 nitrogen and oxygen atoms in total. The average Bonchev–Trinajstić information content (AvgIpc) is 3.13. The minimum atomic E-state index is -1.07. The molecule has 5 rings (SSSR count). The van der Waals surface area contributed by atoms with E-state index in [-0.39, 0.29) is 47.4 Å². The molecule has 6 heteroatoms. The third-order valence-corrected chi connectivity index (χ3v) is 9.05. The number of aliphatic hydroxyl groups excluding tert-OH is 1. The lowest BCUT2D eigenvalue weighted by atomic mass is 9.46. The quantitative estimate of drug-likeness (QED) is 0.762. The van der Waals surface area contributed by atoms with E-state index >= 15 is 0 Å². The highest BCUT2D eigenvalue weighted by molar-refractivity contribution is 6.01. The van der Waals surface area contributed by atoms with Crippen molar-refractivity contribution in [2.24, 2.45) is 28.6 Å². The van der Waals surface area contributed by atoms with Gasteiger partial charge in [0.2, 0.25) is 0 Å². The molecule has 0 aromatic heterocycles. The molecule has 1 heterocycles. The minimum absolute atomic E-state index is 0.0192. The summed E-state index contributed by atoms with van der Waals surface area (Å²) in [6, 6.07) is 0. The Balaban J connectivity index is 1.57. The Morgan fingerprint density at radius 1 is 1.37 bits per heavy atom. The molecule has 1 saturated heterocycles. The molecule has 4 aliphatic carbocycles. The summed E-state index contributed by atoms with van der Waals surface area (Å²) in [6.07, 6.45) is 7.03. The Kier molecular flexibility index (Phi) is 4.51. The highest BCUT2D eigenvalue weighted by Gasteiger charge is 2.75. The van der Waals surface area contributed by atoms with Crippen molar-refractivity contribution in [2.45, 2.75) is 70.6 Å². The van der Waals surface area contributed by atoms with Crippen molar-refractivity contribution < 1.29 is 28.9 Å². The molecule has 0 spiro atoms. The molecule has 0 amide bonds. The zero-order chi connectivity index (χ0) is 21.5. The summed E-state index contributed by atoms with van der Waals surface area (Å²) < 4.78 is 17.6. The van der Waals surface area contributed by atoms with Gasteiger partial charge in [0.15, 0.2) is 23.5 Å². The number of ketones is 2. The maximum Gasteiger partial charge on any atom is 0.193 e. The van der Waals surface area contributed by atoms with Crippen LogP contribution in [-0.2, 0) is 23.8 Å². The molecule has 30 heavy (non-hydrogen) atoms. The maximum absolute atomic E-state index is 13.4. The SMILES string of the molecule is COCC(=O)[C@@]12OC(C)OC1CC1C3CCC4=CC(=O)C=C[C@]4(C)C3C(O)C[C@@]12C. The normalized spacial score (nSPS) is 51.6. The standard InChI is InChI=1S/C24H32O6/c1-13-29-20-10-17-16-6-5-14-9-15(25)7-8-22(14,2)21(16)18(26)11-23(17,3)24(20,30-13)19(27)12-28-4/h7-9,13,16-18,20-21,26H,5-6,10-12H2,1-4H3/t13?,16?,17?,18?,20?,21?,22-,23-,24+/m0/s1. The third-order valence-electron chi connectivity index (χ3n) is 9.05. The van der Waals surface area contributed by atoms with E-state index in [0.29, 0.717) is 6.42 Å². The second-order valence-electron chi connectivity index (χ2n) is 10.3. The zero-order valence-electron chi connectivity index (χ0n) is 18.2. The summed E-state index contributed by atoms with van der Waals surface area (Å²) in [7, 11) is 1.52. The molecule has 0 radical (unpaired) electrons. The molecule has 0 aromatic carbocycles. The van der Waals surface area contributed by atoms with Gasteiger partial charge in [-0.25, -0.2) is 0 Å². The van der Waals surface area contributed by atoms with Crippen LogP contribution in [-0.4, -0.2) is 54.5 Å². The van der Waals surface area contributed by atoms with Crippen LogP contribution >= 0.6 is 0 Å². The Morgan fingerprint density at radius 2 is 2.13 bits per heavy atom. The molecule has 6 unspecified atom stereocenters. The summed E-state index contributed by atoms with van der Waals surface area (Å²) in [5.41, 5.74) is -0.796. The molecule has 0 bridgehead atoms. The fourth-order valence-electron chi connectivity index (χ4n) is 7.98. The van der Waals surface area contributed by atoms with E-state index in [4.69, 9.17) is 14.2 Å². The molecule has 3 saturated carbocycles. The molecule has 1 aliphatic heterocycles. The van der Waals surface area contributed by atoms with E-state index in [1.807, 2.05) is 13.0 Å². The highest BCUT2D eigenvalue weighted by atomic mass is 16.7. The van der Waals surface area contributed by atoms with Crippen molar-refractivity contribution in [3.63, 3.8) is 0 Å². The van der Waals surface area contributed by atoms with E-state index in [1.165, 1.54) is 7.11 Å². The van der Waals surface area contributed by atoms with Gasteiger partial charge in [0.25, 0.3) is 0 Å². The Morgan fingerprint density at radius 3 is 2.87 bits per heavy atom. The van der Waals surface area contributed by atoms with Gasteiger partial charge in [-0.15, -0.1) is 0 Å². The number of allylic oxidation sites excluding steroid dienone is 4. The first-order valence-corrected chi connectivity index (χ1v) is 11.1. The van der Waals surface area contributed by atoms with Crippen LogP contribution in [0.4, 0.5) is 0 Å². The summed E-state index contributed by atoms with van der Waals surface area (Å²) >= 11 is 0. The predicted octanol–water partition coefficient (Wildman–Crippen LogP) is 2.59. The van der Waals surface area contributed by atoms with E-state index < -0.39 is 23.4 Å². The topological polar surface area (TPSA) is 82.1 Å². The largest absolute Gasteiger partial charge is 0.393 e. The van der Waals surface area contributed by atoms with Gasteiger partial charge in [0.1, 0.15) is 6.61 Å². The smallest absolute Gasteiger partial charge is 0.193 e. The third kappa shape index (κ3) is 2.39. The van der Waals surface area contributed by atoms with Gasteiger partial charge in [-0.05, 0) is 56.6 Å². The van der Waals surface area contributed by atoms with Crippen molar-refractivity contribution in [1.82, 2.24) is 0 Å². The molecule has 0 aromatic rings. The van der Waals surface area contributed by atoms with Crippen molar-refractivity contribution >= 4 is 11.6 Å². The van der Waals surface area contributed by atoms with Crippen molar-refractivity contribution in [2.75, 3.05) is 13.7 Å². The lowest BCUT2D eigenvalue weighted by Crippen LogP contribution is -2.63. The van der Waals surface area contributed by atoms with Gasteiger partial charge in [0.05, 0.1) is 12.2 Å². The van der Waals surface area contributed by atoms with Crippen LogP contribution in [0.3, 0.4) is 0 Å². The summed E-state index contributed by atoms with van der Waals surface area (Å²) in [5, 5.41) is 11.5. The van der Waals surface area contributed by atoms with E-state index in [9.17, 15) is 14.7 Å². The molecule has 1 N–H and O–H groups in total. The van der Waals surface area contributed by atoms with E-state index in [1.54, 1.807) is 12.2 Å². The van der Waals surface area contributed by atoms with Crippen molar-refractivity contribution in [3.8, 4) is 0 Å². The second-order valence-corrected chi connectivity index (χ2v) is 10.3. The van der Waals surface area contributed by atoms with Crippen LogP contribution < -0.4 is 0 Å². The monoisotopic (exact) mass is 416 g/mol. The van der Waals surface area contributed by atoms with Crippen LogP contribution in [0.15, 0.2) is 23.8 Å². The molecule has 164 valence electrons. The van der Waals surface area contributed by atoms with Crippen LogP contribution in [0.5, 0.6) is 0 Å². The number of hydrogen-bond donors (Lipinski definition) is 1. The maximum atomic E-state index is 13.4. The molecule has 9 atom stereocenters. The first kappa shape index (κ1) is 20.6. The van der Waals surface area contributed by atoms with Gasteiger partial charge in [-0.3, -0.25) is 9.59 Å². The zero-order valence-corrected chi connectivity index (χ0v) is 18.2. The van der Waals surface area contributed by atoms with Crippen LogP contribution in [0, 0.1) is 28.6 Å². The van der Waals surface area contributed by atoms with Gasteiger partial charge in [0, 0.05) is 23.9 Å². The number of carbonyl (C=O) groups excluding carboxylic acids is 2. The molecular formula is C24H32O6. The summed E-state index contributed by atoms with van der Waals surface area (Å²) in [5.74, 6) is 0.408. The number of rotatable bonds is 3. The van der Waals surface area contributed by atoms with E-state index in [2.05, 4.69) is 13.8 Å². The fraction of sp³-hybridized carbons (Fsp3) is 0.750. The number of ether oxygens (including phenoxy) is 3. The Labute approximate surface area is 177 Å². The minimum Gasteiger partial charge on any atom is -0.393 e. The lowest BCUT2D eigenvalue weighted by molar-refractivity contribution is -0.197. The molecule has 5 aliphatic rings. The number of hydrogen-bond acceptors (Lipinski definition) is 6. The number of carbonyl (C=O) groups is 2. The fourth-order valence-corrected chi connectivity index (χ4v) is 7.98. The number of Topliss-reactive ketones (excluding diaryl/α,β-unsaturated/α-hetero) is 1. The van der Waals surface area contributed by atoms with Crippen molar-refractivity contribution in [3.05, 3.63) is 23.8 Å². The van der Waals surface area contributed by atoms with Crippen molar-refractivity contribution in [1.29, 1.82) is 0 Å². The Bertz CT molecular complexity index is 847. The first-order valence-electron chi connectivity index (χ1n) is 11.1. The number of aliphatic hydroxyl groups is 1. The van der Waals surface area contributed by atoms with Crippen LogP contribution in [0.25, 0.3) is 0 Å². The molecule has 4 fully saturated rings. The van der Waals surface area contributed by atoms with Gasteiger partial charge < -0.3 is 19.3 Å². The second kappa shape index (κ2) is 6.58. The number of fused-ring (bicyclic) bond motifs is 7. The van der Waals surface area contributed by atoms with Crippen LogP contribution in [0.1, 0.15) is 46.5 Å².